The van der Waals surface area contributed by atoms with E-state index in [1.165, 1.54) is 0 Å². The number of rotatable bonds is 6. The molecule has 1 saturated heterocycles. The first kappa shape index (κ1) is 14.5. The Kier molecular flexibility index (Phi) is 5.36. The van der Waals surface area contributed by atoms with Crippen LogP contribution >= 0.6 is 0 Å². The Balaban J connectivity index is 1.70. The zero-order valence-electron chi connectivity index (χ0n) is 12.3. The standard InChI is InChI=1S/C14H26N4O/c1-4-17-7-8-19-14(11-17)10-15-9-13-5-6-18(16-13)12(2)3/h5-6,12,14-15H,4,7-11H2,1-3H3. The maximum atomic E-state index is 5.76. The van der Waals surface area contributed by atoms with E-state index in [1.54, 1.807) is 0 Å². The van der Waals surface area contributed by atoms with Gasteiger partial charge in [0.05, 0.1) is 18.4 Å². The largest absolute Gasteiger partial charge is 0.374 e. The summed E-state index contributed by atoms with van der Waals surface area (Å²) in [7, 11) is 0. The van der Waals surface area contributed by atoms with E-state index in [0.717, 1.165) is 45.0 Å². The molecule has 1 fully saturated rings. The van der Waals surface area contributed by atoms with Crippen molar-refractivity contribution in [1.29, 1.82) is 0 Å². The van der Waals surface area contributed by atoms with Crippen LogP contribution in [0.4, 0.5) is 0 Å². The quantitative estimate of drug-likeness (QED) is 0.842. The van der Waals surface area contributed by atoms with Crippen molar-refractivity contribution in [3.8, 4) is 0 Å². The Morgan fingerprint density at radius 2 is 2.37 bits per heavy atom. The molecule has 0 aliphatic carbocycles. The van der Waals surface area contributed by atoms with E-state index >= 15 is 0 Å². The lowest BCUT2D eigenvalue weighted by atomic mass is 10.2. The molecule has 19 heavy (non-hydrogen) atoms. The van der Waals surface area contributed by atoms with Crippen LogP contribution in [-0.4, -0.2) is 53.6 Å². The maximum absolute atomic E-state index is 5.76. The highest BCUT2D eigenvalue weighted by Gasteiger charge is 2.18. The molecule has 108 valence electrons. The molecule has 1 unspecified atom stereocenters. The van der Waals surface area contributed by atoms with Gasteiger partial charge in [-0.05, 0) is 26.5 Å². The molecule has 1 N–H and O–H groups in total. The minimum atomic E-state index is 0.306. The van der Waals surface area contributed by atoms with Crippen LogP contribution in [0.15, 0.2) is 12.3 Å². The van der Waals surface area contributed by atoms with Gasteiger partial charge in [0.25, 0.3) is 0 Å². The second-order valence-corrected chi connectivity index (χ2v) is 5.40. The molecule has 5 heteroatoms. The van der Waals surface area contributed by atoms with Crippen LogP contribution in [0.1, 0.15) is 32.5 Å². The van der Waals surface area contributed by atoms with E-state index in [9.17, 15) is 0 Å². The molecule has 5 nitrogen and oxygen atoms in total. The molecular formula is C14H26N4O. The number of nitrogens with one attached hydrogen (secondary N) is 1. The van der Waals surface area contributed by atoms with E-state index < -0.39 is 0 Å². The Hall–Kier alpha value is -0.910. The fourth-order valence-electron chi connectivity index (χ4n) is 2.31. The number of hydrogen-bond acceptors (Lipinski definition) is 4. The van der Waals surface area contributed by atoms with Crippen LogP contribution in [0, 0.1) is 0 Å². The molecule has 0 aromatic carbocycles. The number of morpholine rings is 1. The summed E-state index contributed by atoms with van der Waals surface area (Å²) in [5, 5.41) is 7.97. The monoisotopic (exact) mass is 266 g/mol. The molecule has 0 radical (unpaired) electrons. The summed E-state index contributed by atoms with van der Waals surface area (Å²) in [5.41, 5.74) is 1.09. The van der Waals surface area contributed by atoms with E-state index in [-0.39, 0.29) is 0 Å². The molecule has 1 aromatic heterocycles. The van der Waals surface area contributed by atoms with Crippen LogP contribution in [0.3, 0.4) is 0 Å². The normalized spacial score (nSPS) is 21.2. The van der Waals surface area contributed by atoms with E-state index in [4.69, 9.17) is 4.74 Å². The first-order valence-corrected chi connectivity index (χ1v) is 7.27. The molecule has 0 spiro atoms. The zero-order chi connectivity index (χ0) is 13.7. The number of likely N-dealkylation sites (N-methyl/N-ethyl adjacent to an activating group) is 1. The van der Waals surface area contributed by atoms with Crippen molar-refractivity contribution in [2.24, 2.45) is 0 Å². The number of ether oxygens (including phenoxy) is 1. The lowest BCUT2D eigenvalue weighted by Gasteiger charge is -2.32. The SMILES string of the molecule is CCN1CCOC(CNCc2ccn(C(C)C)n2)C1. The van der Waals surface area contributed by atoms with Crippen LogP contribution in [0.2, 0.25) is 0 Å². The van der Waals surface area contributed by atoms with Gasteiger partial charge in [-0.25, -0.2) is 0 Å². The van der Waals surface area contributed by atoms with Gasteiger partial charge in [-0.15, -0.1) is 0 Å². The molecule has 1 aliphatic heterocycles. The van der Waals surface area contributed by atoms with Gasteiger partial charge in [0.15, 0.2) is 0 Å². The van der Waals surface area contributed by atoms with Crippen LogP contribution in [-0.2, 0) is 11.3 Å². The third-order valence-corrected chi connectivity index (χ3v) is 3.54. The first-order valence-electron chi connectivity index (χ1n) is 7.27. The summed E-state index contributed by atoms with van der Waals surface area (Å²) in [4.78, 5) is 2.43. The van der Waals surface area contributed by atoms with Crippen molar-refractivity contribution in [2.45, 2.75) is 39.5 Å². The molecule has 2 rings (SSSR count). The Bertz CT molecular complexity index is 377. The minimum Gasteiger partial charge on any atom is -0.374 e. The summed E-state index contributed by atoms with van der Waals surface area (Å²) in [5.74, 6) is 0. The van der Waals surface area contributed by atoms with E-state index in [2.05, 4.69) is 42.2 Å². The summed E-state index contributed by atoms with van der Waals surface area (Å²) in [6.45, 7) is 12.2. The Morgan fingerprint density at radius 1 is 1.53 bits per heavy atom. The molecule has 1 atom stereocenters. The van der Waals surface area contributed by atoms with Gasteiger partial charge in [0.2, 0.25) is 0 Å². The highest BCUT2D eigenvalue weighted by atomic mass is 16.5. The average Bonchev–Trinajstić information content (AvgIpc) is 2.88. The highest BCUT2D eigenvalue weighted by Crippen LogP contribution is 2.05. The maximum Gasteiger partial charge on any atom is 0.0826 e. The van der Waals surface area contributed by atoms with Crippen molar-refractivity contribution >= 4 is 0 Å². The van der Waals surface area contributed by atoms with Gasteiger partial charge in [-0.1, -0.05) is 6.92 Å². The number of nitrogens with zero attached hydrogens (tertiary/aromatic N) is 3. The first-order chi connectivity index (χ1) is 9.19. The van der Waals surface area contributed by atoms with Gasteiger partial charge in [-0.2, -0.15) is 5.10 Å². The summed E-state index contributed by atoms with van der Waals surface area (Å²) < 4.78 is 7.75. The van der Waals surface area contributed by atoms with Crippen molar-refractivity contribution in [3.05, 3.63) is 18.0 Å². The Morgan fingerprint density at radius 3 is 3.05 bits per heavy atom. The molecule has 1 aromatic rings. The minimum absolute atomic E-state index is 0.306. The molecule has 0 saturated carbocycles. The zero-order valence-corrected chi connectivity index (χ0v) is 12.3. The third kappa shape index (κ3) is 4.30. The molecule has 0 amide bonds. The number of aromatic nitrogens is 2. The summed E-state index contributed by atoms with van der Waals surface area (Å²) in [6, 6.07) is 2.50. The third-order valence-electron chi connectivity index (χ3n) is 3.54. The van der Waals surface area contributed by atoms with Crippen LogP contribution < -0.4 is 5.32 Å². The van der Waals surface area contributed by atoms with Gasteiger partial charge in [0, 0.05) is 38.4 Å². The predicted octanol–water partition coefficient (Wildman–Crippen LogP) is 1.27. The fraction of sp³-hybridized carbons (Fsp3) is 0.786. The lowest BCUT2D eigenvalue weighted by Crippen LogP contribution is -2.46. The second-order valence-electron chi connectivity index (χ2n) is 5.40. The smallest absolute Gasteiger partial charge is 0.0826 e. The molecule has 2 heterocycles. The van der Waals surface area contributed by atoms with Gasteiger partial charge >= 0.3 is 0 Å². The van der Waals surface area contributed by atoms with Gasteiger partial charge in [0.1, 0.15) is 0 Å². The fourth-order valence-corrected chi connectivity index (χ4v) is 2.31. The van der Waals surface area contributed by atoms with Crippen molar-refractivity contribution in [3.63, 3.8) is 0 Å². The molecular weight excluding hydrogens is 240 g/mol. The van der Waals surface area contributed by atoms with E-state index in [1.807, 2.05) is 10.9 Å². The second kappa shape index (κ2) is 7.03. The Labute approximate surface area is 115 Å². The average molecular weight is 266 g/mol. The van der Waals surface area contributed by atoms with Crippen molar-refractivity contribution < 1.29 is 4.74 Å². The van der Waals surface area contributed by atoms with Crippen molar-refractivity contribution in [1.82, 2.24) is 20.0 Å². The number of hydrogen-bond donors (Lipinski definition) is 1. The highest BCUT2D eigenvalue weighted by molar-refractivity contribution is 4.99. The summed E-state index contributed by atoms with van der Waals surface area (Å²) in [6.07, 6.45) is 2.35. The molecule has 1 aliphatic rings. The lowest BCUT2D eigenvalue weighted by molar-refractivity contribution is -0.0254. The van der Waals surface area contributed by atoms with Gasteiger partial charge < -0.3 is 10.1 Å². The van der Waals surface area contributed by atoms with Crippen molar-refractivity contribution in [2.75, 3.05) is 32.8 Å². The van der Waals surface area contributed by atoms with Crippen LogP contribution in [0.25, 0.3) is 0 Å². The van der Waals surface area contributed by atoms with Gasteiger partial charge in [-0.3, -0.25) is 9.58 Å². The van der Waals surface area contributed by atoms with E-state index in [0.29, 0.717) is 12.1 Å². The van der Waals surface area contributed by atoms with Crippen LogP contribution in [0.5, 0.6) is 0 Å². The predicted molar refractivity (Wildman–Crippen MR) is 76.2 cm³/mol. The molecule has 0 bridgehead atoms. The summed E-state index contributed by atoms with van der Waals surface area (Å²) >= 11 is 0. The topological polar surface area (TPSA) is 42.3 Å².